The van der Waals surface area contributed by atoms with Crippen molar-refractivity contribution in [1.82, 2.24) is 29.5 Å². The van der Waals surface area contributed by atoms with E-state index >= 15 is 0 Å². The Kier molecular flexibility index (Phi) is 8.51. The van der Waals surface area contributed by atoms with Crippen LogP contribution in [0, 0.1) is 19.8 Å². The Balaban J connectivity index is 1.24. The van der Waals surface area contributed by atoms with Crippen molar-refractivity contribution in [3.63, 3.8) is 0 Å². The number of nitrogens with one attached hydrogen (secondary N) is 1. The largest absolute Gasteiger partial charge is 0.493 e. The Morgan fingerprint density at radius 1 is 1.04 bits per heavy atom. The van der Waals surface area contributed by atoms with Gasteiger partial charge in [0.05, 0.1) is 30.8 Å². The van der Waals surface area contributed by atoms with Crippen LogP contribution in [0.15, 0.2) is 54.7 Å². The van der Waals surface area contributed by atoms with Gasteiger partial charge in [-0.05, 0) is 50.1 Å². The number of hydrogen-bond donors (Lipinski definition) is 1. The highest BCUT2D eigenvalue weighted by Gasteiger charge is 2.41. The molecule has 11 heteroatoms. The molecule has 45 heavy (non-hydrogen) atoms. The van der Waals surface area contributed by atoms with Gasteiger partial charge in [-0.2, -0.15) is 5.10 Å². The Hall–Kier alpha value is -4.80. The molecule has 0 unspecified atom stereocenters. The number of benzene rings is 2. The lowest BCUT2D eigenvalue weighted by atomic mass is 9.88. The Bertz CT molecular complexity index is 1740. The van der Waals surface area contributed by atoms with Crippen LogP contribution < -0.4 is 14.8 Å². The van der Waals surface area contributed by atoms with Gasteiger partial charge >= 0.3 is 0 Å². The summed E-state index contributed by atoms with van der Waals surface area (Å²) in [6.45, 7) is 6.17. The van der Waals surface area contributed by atoms with Crippen LogP contribution in [-0.2, 0) is 23.2 Å². The SMILES string of the molecule is COc1ccc2cc1OCCN(C(=O)c1cn(C)c3ccccc13)CCCNC(=O)[C@H]1CN(C(=O)Cn3nc(C)cc3C)C[C@H]21. The molecule has 6 rings (SSSR count). The summed E-state index contributed by atoms with van der Waals surface area (Å²) >= 11 is 0. The van der Waals surface area contributed by atoms with Gasteiger partial charge in [0.25, 0.3) is 5.91 Å². The summed E-state index contributed by atoms with van der Waals surface area (Å²) in [5.41, 5.74) is 4.30. The monoisotopic (exact) mass is 612 g/mol. The van der Waals surface area contributed by atoms with E-state index in [1.807, 2.05) is 80.2 Å². The summed E-state index contributed by atoms with van der Waals surface area (Å²) in [5.74, 6) is 0.185. The second kappa shape index (κ2) is 12.7. The standard InChI is InChI=1S/C34H40N6O5/c1-22-16-23(2)40(36-22)21-32(41)39-19-26-24-10-11-30(44-4)31(17-24)45-15-14-38(13-7-12-35-33(42)27(26)20-39)34(43)28-18-37(3)29-9-6-5-8-25(28)29/h5-6,8-11,16-18,26-27H,7,12-15,19-21H2,1-4H3,(H,35,42)/t26-,27+/m1/s1. The molecule has 2 atom stereocenters. The van der Waals surface area contributed by atoms with Crippen molar-refractivity contribution in [2.45, 2.75) is 32.7 Å². The van der Waals surface area contributed by atoms with E-state index < -0.39 is 5.92 Å². The van der Waals surface area contributed by atoms with Crippen LogP contribution in [0.5, 0.6) is 11.5 Å². The number of fused-ring (bicyclic) bond motifs is 5. The normalized spacial score (nSPS) is 19.1. The summed E-state index contributed by atoms with van der Waals surface area (Å²) in [7, 11) is 3.52. The highest BCUT2D eigenvalue weighted by molar-refractivity contribution is 6.07. The molecule has 2 bridgehead atoms. The van der Waals surface area contributed by atoms with E-state index in [1.54, 1.807) is 21.6 Å². The quantitative estimate of drug-likeness (QED) is 0.379. The van der Waals surface area contributed by atoms with Crippen molar-refractivity contribution < 1.29 is 23.9 Å². The van der Waals surface area contributed by atoms with Crippen LogP contribution >= 0.6 is 0 Å². The number of hydrogen-bond acceptors (Lipinski definition) is 6. The molecule has 0 saturated carbocycles. The molecule has 0 spiro atoms. The molecule has 236 valence electrons. The zero-order valence-corrected chi connectivity index (χ0v) is 26.3. The molecular formula is C34H40N6O5. The fraction of sp³-hybridized carbons (Fsp3) is 0.412. The van der Waals surface area contributed by atoms with Gasteiger partial charge in [0.1, 0.15) is 13.2 Å². The fourth-order valence-electron chi connectivity index (χ4n) is 6.59. The zero-order chi connectivity index (χ0) is 31.7. The molecule has 2 aliphatic rings. The van der Waals surface area contributed by atoms with Gasteiger partial charge in [0, 0.05) is 61.9 Å². The van der Waals surface area contributed by atoms with E-state index in [4.69, 9.17) is 9.47 Å². The number of carbonyl (C=O) groups excluding carboxylic acids is 3. The first-order chi connectivity index (χ1) is 21.7. The number of rotatable bonds is 4. The molecule has 1 saturated heterocycles. The summed E-state index contributed by atoms with van der Waals surface area (Å²) in [5, 5.41) is 8.44. The maximum atomic E-state index is 13.8. The lowest BCUT2D eigenvalue weighted by Gasteiger charge is -2.25. The van der Waals surface area contributed by atoms with Crippen LogP contribution in [-0.4, -0.2) is 88.3 Å². The predicted molar refractivity (Wildman–Crippen MR) is 169 cm³/mol. The number of methoxy groups -OCH3 is 1. The van der Waals surface area contributed by atoms with Crippen LogP contribution in [0.4, 0.5) is 0 Å². The van der Waals surface area contributed by atoms with Gasteiger partial charge in [0.15, 0.2) is 11.5 Å². The smallest absolute Gasteiger partial charge is 0.256 e. The Morgan fingerprint density at radius 3 is 2.62 bits per heavy atom. The maximum absolute atomic E-state index is 13.8. The second-order valence-electron chi connectivity index (χ2n) is 12.0. The van der Waals surface area contributed by atoms with E-state index in [-0.39, 0.29) is 36.8 Å². The van der Waals surface area contributed by atoms with Crippen LogP contribution in [0.2, 0.25) is 0 Å². The highest BCUT2D eigenvalue weighted by atomic mass is 16.5. The number of para-hydroxylation sites is 1. The molecule has 2 aliphatic heterocycles. The Morgan fingerprint density at radius 2 is 1.84 bits per heavy atom. The average molecular weight is 613 g/mol. The minimum Gasteiger partial charge on any atom is -0.493 e. The summed E-state index contributed by atoms with van der Waals surface area (Å²) in [4.78, 5) is 44.4. The number of amides is 3. The van der Waals surface area contributed by atoms with Gasteiger partial charge < -0.3 is 29.2 Å². The molecule has 0 aliphatic carbocycles. The van der Waals surface area contributed by atoms with Crippen LogP contribution in [0.25, 0.3) is 10.9 Å². The second-order valence-corrected chi connectivity index (χ2v) is 12.0. The van der Waals surface area contributed by atoms with E-state index in [2.05, 4.69) is 10.4 Å². The Labute approximate surface area is 262 Å². The van der Waals surface area contributed by atoms with Crippen LogP contribution in [0.3, 0.4) is 0 Å². The van der Waals surface area contributed by atoms with Gasteiger partial charge in [-0.25, -0.2) is 0 Å². The van der Waals surface area contributed by atoms with E-state index in [9.17, 15) is 14.4 Å². The van der Waals surface area contributed by atoms with Crippen molar-refractivity contribution >= 4 is 28.6 Å². The first-order valence-corrected chi connectivity index (χ1v) is 15.4. The topological polar surface area (TPSA) is 111 Å². The predicted octanol–water partition coefficient (Wildman–Crippen LogP) is 3.28. The van der Waals surface area contributed by atoms with E-state index in [0.717, 1.165) is 27.9 Å². The minimum atomic E-state index is -0.438. The van der Waals surface area contributed by atoms with Crippen molar-refractivity contribution in [3.8, 4) is 11.5 Å². The molecule has 4 heterocycles. The van der Waals surface area contributed by atoms with E-state index in [1.165, 1.54) is 0 Å². The lowest BCUT2D eigenvalue weighted by molar-refractivity contribution is -0.131. The third-order valence-corrected chi connectivity index (χ3v) is 8.95. The number of carbonyl (C=O) groups is 3. The molecule has 11 nitrogen and oxygen atoms in total. The van der Waals surface area contributed by atoms with Crippen LogP contribution in [0.1, 0.15) is 39.6 Å². The third-order valence-electron chi connectivity index (χ3n) is 8.95. The fourth-order valence-corrected chi connectivity index (χ4v) is 6.59. The molecule has 3 amide bonds. The molecular weight excluding hydrogens is 572 g/mol. The number of aryl methyl sites for hydroxylation is 3. The molecule has 4 aromatic rings. The first kappa shape index (κ1) is 30.2. The van der Waals surface area contributed by atoms with E-state index in [0.29, 0.717) is 56.2 Å². The number of likely N-dealkylation sites (tertiary alicyclic amines) is 1. The summed E-state index contributed by atoms with van der Waals surface area (Å²) in [6.07, 6.45) is 2.45. The lowest BCUT2D eigenvalue weighted by Crippen LogP contribution is -2.39. The number of ether oxygens (including phenoxy) is 2. The zero-order valence-electron chi connectivity index (χ0n) is 26.3. The molecule has 0 radical (unpaired) electrons. The summed E-state index contributed by atoms with van der Waals surface area (Å²) in [6, 6.07) is 15.5. The van der Waals surface area contributed by atoms with Crippen molar-refractivity contribution in [2.75, 3.05) is 46.4 Å². The van der Waals surface area contributed by atoms with Gasteiger partial charge in [-0.3, -0.25) is 19.1 Å². The third kappa shape index (κ3) is 6.11. The molecule has 1 N–H and O–H groups in total. The highest BCUT2D eigenvalue weighted by Crippen LogP contribution is 2.38. The minimum absolute atomic E-state index is 0.0769. The van der Waals surface area contributed by atoms with Crippen molar-refractivity contribution in [3.05, 3.63) is 77.2 Å². The molecule has 1 fully saturated rings. The summed E-state index contributed by atoms with van der Waals surface area (Å²) < 4.78 is 15.5. The first-order valence-electron chi connectivity index (χ1n) is 15.4. The molecule has 2 aromatic heterocycles. The van der Waals surface area contributed by atoms with Gasteiger partial charge in [-0.15, -0.1) is 0 Å². The molecule has 2 aromatic carbocycles. The van der Waals surface area contributed by atoms with Crippen molar-refractivity contribution in [1.29, 1.82) is 0 Å². The number of aromatic nitrogens is 3. The average Bonchev–Trinajstić information content (AvgIpc) is 3.72. The van der Waals surface area contributed by atoms with Gasteiger partial charge in [-0.1, -0.05) is 24.3 Å². The van der Waals surface area contributed by atoms with Gasteiger partial charge in [0.2, 0.25) is 11.8 Å². The maximum Gasteiger partial charge on any atom is 0.256 e. The number of nitrogens with zero attached hydrogens (tertiary/aromatic N) is 5. The van der Waals surface area contributed by atoms with Crippen molar-refractivity contribution in [2.24, 2.45) is 13.0 Å².